The van der Waals surface area contributed by atoms with Crippen LogP contribution in [0.3, 0.4) is 0 Å². The van der Waals surface area contributed by atoms with Gasteiger partial charge in [0.05, 0.1) is 0 Å². The van der Waals surface area contributed by atoms with E-state index in [4.69, 9.17) is 0 Å². The predicted molar refractivity (Wildman–Crippen MR) is 108 cm³/mol. The Morgan fingerprint density at radius 3 is 2.44 bits per heavy atom. The zero-order valence-corrected chi connectivity index (χ0v) is 17.0. The molecule has 5 nitrogen and oxygen atoms in total. The highest BCUT2D eigenvalue weighted by atomic mass is 32.2. The molecule has 27 heavy (non-hydrogen) atoms. The van der Waals surface area contributed by atoms with Gasteiger partial charge in [-0.2, -0.15) is 17.0 Å². The molecule has 1 aromatic carbocycles. The minimum absolute atomic E-state index is 0.0945. The van der Waals surface area contributed by atoms with E-state index in [9.17, 15) is 8.42 Å². The number of pyridine rings is 1. The van der Waals surface area contributed by atoms with E-state index < -0.39 is 10.2 Å². The minimum atomic E-state index is -3.57. The average molecular weight is 388 g/mol. The normalized spacial score (nSPS) is 16.1. The van der Waals surface area contributed by atoms with Crippen LogP contribution in [0.1, 0.15) is 48.8 Å². The van der Waals surface area contributed by atoms with Crippen molar-refractivity contribution >= 4 is 10.2 Å². The first-order chi connectivity index (χ1) is 13.0. The van der Waals surface area contributed by atoms with Gasteiger partial charge in [0, 0.05) is 38.6 Å². The minimum Gasteiger partial charge on any atom is -0.264 e. The van der Waals surface area contributed by atoms with E-state index in [0.717, 1.165) is 42.4 Å². The molecule has 0 spiro atoms. The molecule has 1 aromatic heterocycles. The Morgan fingerprint density at radius 2 is 1.78 bits per heavy atom. The van der Waals surface area contributed by atoms with Crippen molar-refractivity contribution in [1.82, 2.24) is 13.6 Å². The summed E-state index contributed by atoms with van der Waals surface area (Å²) in [6.07, 6.45) is 8.74. The van der Waals surface area contributed by atoms with E-state index in [0.29, 0.717) is 13.1 Å². The van der Waals surface area contributed by atoms with Gasteiger partial charge >= 0.3 is 0 Å². The van der Waals surface area contributed by atoms with Gasteiger partial charge in [0.1, 0.15) is 0 Å². The highest BCUT2D eigenvalue weighted by molar-refractivity contribution is 7.86. The molecule has 0 aliphatic heterocycles. The van der Waals surface area contributed by atoms with E-state index in [-0.39, 0.29) is 6.04 Å². The summed E-state index contributed by atoms with van der Waals surface area (Å²) in [5.74, 6) is 0. The highest BCUT2D eigenvalue weighted by Gasteiger charge is 2.33. The van der Waals surface area contributed by atoms with Crippen molar-refractivity contribution in [2.75, 3.05) is 7.05 Å². The van der Waals surface area contributed by atoms with Gasteiger partial charge < -0.3 is 0 Å². The van der Waals surface area contributed by atoms with Gasteiger partial charge in [0.15, 0.2) is 0 Å². The first-order valence-corrected chi connectivity index (χ1v) is 11.0. The van der Waals surface area contributed by atoms with Crippen molar-refractivity contribution < 1.29 is 8.42 Å². The van der Waals surface area contributed by atoms with Crippen LogP contribution >= 0.6 is 0 Å². The van der Waals surface area contributed by atoms with Crippen molar-refractivity contribution in [2.24, 2.45) is 0 Å². The van der Waals surface area contributed by atoms with Gasteiger partial charge in [-0.3, -0.25) is 4.98 Å². The molecule has 146 valence electrons. The molecule has 2 aromatic rings. The van der Waals surface area contributed by atoms with Gasteiger partial charge in [-0.15, -0.1) is 0 Å². The molecule has 1 aliphatic rings. The summed E-state index contributed by atoms with van der Waals surface area (Å²) in [7, 11) is -1.84. The van der Waals surface area contributed by atoms with Gasteiger partial charge in [-0.05, 0) is 42.5 Å². The monoisotopic (exact) mass is 387 g/mol. The molecule has 0 saturated heterocycles. The summed E-state index contributed by atoms with van der Waals surface area (Å²) in [6, 6.07) is 11.8. The lowest BCUT2D eigenvalue weighted by atomic mass is 9.96. The second-order valence-corrected chi connectivity index (χ2v) is 9.36. The van der Waals surface area contributed by atoms with E-state index in [2.05, 4.69) is 4.98 Å². The molecule has 1 fully saturated rings. The number of nitrogens with zero attached hydrogens (tertiary/aromatic N) is 3. The third-order valence-electron chi connectivity index (χ3n) is 5.47. The maximum absolute atomic E-state index is 13.5. The number of benzene rings is 1. The fraction of sp³-hybridized carbons (Fsp3) is 0.476. The Kier molecular flexibility index (Phi) is 6.63. The number of aryl methyl sites for hydroxylation is 1. The van der Waals surface area contributed by atoms with E-state index in [1.165, 1.54) is 6.42 Å². The summed E-state index contributed by atoms with van der Waals surface area (Å²) < 4.78 is 30.1. The Labute approximate surface area is 163 Å². The Balaban J connectivity index is 1.88. The molecule has 1 saturated carbocycles. The number of hydrogen-bond acceptors (Lipinski definition) is 3. The predicted octanol–water partition coefficient (Wildman–Crippen LogP) is 3.90. The third-order valence-corrected chi connectivity index (χ3v) is 7.41. The van der Waals surface area contributed by atoms with E-state index in [1.807, 2.05) is 43.3 Å². The molecule has 0 amide bonds. The highest BCUT2D eigenvalue weighted by Crippen LogP contribution is 2.26. The van der Waals surface area contributed by atoms with Gasteiger partial charge in [-0.1, -0.05) is 49.6 Å². The topological polar surface area (TPSA) is 53.5 Å². The summed E-state index contributed by atoms with van der Waals surface area (Å²) in [5, 5.41) is 0. The summed E-state index contributed by atoms with van der Waals surface area (Å²) >= 11 is 0. The lowest BCUT2D eigenvalue weighted by Gasteiger charge is -2.34. The van der Waals surface area contributed by atoms with Crippen LogP contribution in [0, 0.1) is 6.92 Å². The van der Waals surface area contributed by atoms with E-state index in [1.54, 1.807) is 28.1 Å². The number of aromatic nitrogens is 1. The smallest absolute Gasteiger partial charge is 0.264 e. The SMILES string of the molecule is Cc1ccccc1CN(Cc1cccnc1)S(=O)(=O)N(C)C1CCCCC1. The van der Waals surface area contributed by atoms with Crippen LogP contribution in [-0.2, 0) is 23.3 Å². The summed E-state index contributed by atoms with van der Waals surface area (Å²) in [4.78, 5) is 4.14. The third kappa shape index (κ3) is 4.94. The van der Waals surface area contributed by atoms with Crippen molar-refractivity contribution in [2.45, 2.75) is 58.2 Å². The van der Waals surface area contributed by atoms with Crippen molar-refractivity contribution in [3.8, 4) is 0 Å². The first kappa shape index (κ1) is 20.0. The van der Waals surface area contributed by atoms with Gasteiger partial charge in [0.2, 0.25) is 0 Å². The van der Waals surface area contributed by atoms with Crippen LogP contribution in [0.15, 0.2) is 48.8 Å². The fourth-order valence-corrected chi connectivity index (χ4v) is 5.27. The summed E-state index contributed by atoms with van der Waals surface area (Å²) in [5.41, 5.74) is 3.03. The van der Waals surface area contributed by atoms with Crippen LogP contribution in [0.25, 0.3) is 0 Å². The van der Waals surface area contributed by atoms with Crippen molar-refractivity contribution in [1.29, 1.82) is 0 Å². The Bertz CT molecular complexity index is 834. The van der Waals surface area contributed by atoms with Gasteiger partial charge in [-0.25, -0.2) is 0 Å². The van der Waals surface area contributed by atoms with Crippen LogP contribution in [0.5, 0.6) is 0 Å². The largest absolute Gasteiger partial charge is 0.282 e. The Morgan fingerprint density at radius 1 is 1.04 bits per heavy atom. The second-order valence-electron chi connectivity index (χ2n) is 7.37. The van der Waals surface area contributed by atoms with Crippen LogP contribution in [0.2, 0.25) is 0 Å². The molecule has 0 unspecified atom stereocenters. The lowest BCUT2D eigenvalue weighted by Crippen LogP contribution is -2.46. The first-order valence-electron chi connectivity index (χ1n) is 9.65. The molecule has 0 atom stereocenters. The molecule has 0 N–H and O–H groups in total. The quantitative estimate of drug-likeness (QED) is 0.724. The molecule has 1 aliphatic carbocycles. The van der Waals surface area contributed by atoms with Gasteiger partial charge in [0.25, 0.3) is 10.2 Å². The number of hydrogen-bond donors (Lipinski definition) is 0. The Hall–Kier alpha value is -1.76. The van der Waals surface area contributed by atoms with E-state index >= 15 is 0 Å². The molecule has 1 heterocycles. The van der Waals surface area contributed by atoms with Crippen LogP contribution < -0.4 is 0 Å². The molecule has 0 bridgehead atoms. The molecular formula is C21H29N3O2S. The molecular weight excluding hydrogens is 358 g/mol. The van der Waals surface area contributed by atoms with Crippen LogP contribution in [-0.4, -0.2) is 35.1 Å². The standard InChI is InChI=1S/C21H29N3O2S/c1-18-9-6-7-11-20(18)17-24(16-19-10-8-14-22-15-19)27(25,26)23(2)21-12-4-3-5-13-21/h6-11,14-15,21H,3-5,12-13,16-17H2,1-2H3. The zero-order chi connectivity index (χ0) is 19.3. The van der Waals surface area contributed by atoms with Crippen LogP contribution in [0.4, 0.5) is 0 Å². The molecule has 3 rings (SSSR count). The van der Waals surface area contributed by atoms with Crippen molar-refractivity contribution in [3.63, 3.8) is 0 Å². The maximum Gasteiger partial charge on any atom is 0.282 e. The molecule has 0 radical (unpaired) electrons. The average Bonchev–Trinajstić information content (AvgIpc) is 2.70. The second kappa shape index (κ2) is 8.95. The zero-order valence-electron chi connectivity index (χ0n) is 16.2. The van der Waals surface area contributed by atoms with Crippen molar-refractivity contribution in [3.05, 3.63) is 65.5 Å². The lowest BCUT2D eigenvalue weighted by molar-refractivity contribution is 0.259. The summed E-state index contributed by atoms with van der Waals surface area (Å²) in [6.45, 7) is 2.71. The molecule has 6 heteroatoms. The number of rotatable bonds is 7. The fourth-order valence-electron chi connectivity index (χ4n) is 3.71. The maximum atomic E-state index is 13.5.